The van der Waals surface area contributed by atoms with Gasteiger partial charge in [-0.25, -0.2) is 4.79 Å². The molecule has 8 heteroatoms. The van der Waals surface area contributed by atoms with Gasteiger partial charge in [-0.05, 0) is 24.7 Å². The first-order valence-electron chi connectivity index (χ1n) is 6.92. The molecule has 0 aliphatic rings. The summed E-state index contributed by atoms with van der Waals surface area (Å²) in [5.74, 6) is -0.436. The van der Waals surface area contributed by atoms with Crippen molar-refractivity contribution < 1.29 is 27.9 Å². The van der Waals surface area contributed by atoms with Crippen LogP contribution in [0.15, 0.2) is 0 Å². The number of alkyl halides is 3. The zero-order valence-electron chi connectivity index (χ0n) is 12.3. The Bertz CT molecular complexity index is 333. The standard InChI is InChI=1S/C13H23F3N2O3/c1-9(2)10(3-4-11(19)20)5-7-17-12(21)18-8-6-13(14,15)16/h9-10H,3-8H2,1-2H3,(H,19,20)(H2,17,18,21). The maximum absolute atomic E-state index is 11.9. The van der Waals surface area contributed by atoms with Gasteiger partial charge in [-0.3, -0.25) is 4.79 Å². The van der Waals surface area contributed by atoms with E-state index in [0.29, 0.717) is 19.4 Å². The topological polar surface area (TPSA) is 78.4 Å². The van der Waals surface area contributed by atoms with E-state index in [2.05, 4.69) is 10.6 Å². The summed E-state index contributed by atoms with van der Waals surface area (Å²) in [5.41, 5.74) is 0. The van der Waals surface area contributed by atoms with E-state index in [-0.39, 0.29) is 18.3 Å². The van der Waals surface area contributed by atoms with Crippen LogP contribution in [-0.4, -0.2) is 36.4 Å². The second-order valence-corrected chi connectivity index (χ2v) is 5.27. The first kappa shape index (κ1) is 19.5. The average Bonchev–Trinajstić information content (AvgIpc) is 2.30. The Kier molecular flexibility index (Phi) is 8.80. The van der Waals surface area contributed by atoms with Crippen LogP contribution >= 0.6 is 0 Å². The molecule has 0 aliphatic carbocycles. The minimum Gasteiger partial charge on any atom is -0.481 e. The molecule has 0 saturated carbocycles. The van der Waals surface area contributed by atoms with Crippen molar-refractivity contribution in [3.05, 3.63) is 0 Å². The fraction of sp³-hybridized carbons (Fsp3) is 0.846. The van der Waals surface area contributed by atoms with E-state index in [0.717, 1.165) is 0 Å². The van der Waals surface area contributed by atoms with Gasteiger partial charge in [0.15, 0.2) is 0 Å². The lowest BCUT2D eigenvalue weighted by Gasteiger charge is -2.20. The molecule has 0 saturated heterocycles. The van der Waals surface area contributed by atoms with Crippen LogP contribution < -0.4 is 10.6 Å². The summed E-state index contributed by atoms with van der Waals surface area (Å²) < 4.78 is 35.6. The molecule has 124 valence electrons. The Hall–Kier alpha value is -1.47. The molecule has 0 aromatic heterocycles. The molecule has 0 heterocycles. The Balaban J connectivity index is 3.87. The summed E-state index contributed by atoms with van der Waals surface area (Å²) in [4.78, 5) is 21.8. The van der Waals surface area contributed by atoms with E-state index in [1.807, 2.05) is 13.8 Å². The third-order valence-electron chi connectivity index (χ3n) is 3.17. The minimum absolute atomic E-state index is 0.0701. The summed E-state index contributed by atoms with van der Waals surface area (Å²) in [6, 6.07) is -0.639. The molecule has 2 amide bonds. The van der Waals surface area contributed by atoms with Crippen LogP contribution in [0.4, 0.5) is 18.0 Å². The molecule has 3 N–H and O–H groups in total. The summed E-state index contributed by atoms with van der Waals surface area (Å²) in [6.45, 7) is 3.79. The van der Waals surface area contributed by atoms with Crippen LogP contribution in [0.5, 0.6) is 0 Å². The highest BCUT2D eigenvalue weighted by Crippen LogP contribution is 2.20. The number of carboxylic acid groups (broad SMARTS) is 1. The SMILES string of the molecule is CC(C)C(CCNC(=O)NCCC(F)(F)F)CCC(=O)O. The number of carboxylic acids is 1. The Labute approximate surface area is 122 Å². The number of carbonyl (C=O) groups excluding carboxylic acids is 1. The number of aliphatic carboxylic acids is 1. The van der Waals surface area contributed by atoms with Gasteiger partial charge in [-0.1, -0.05) is 13.8 Å². The Morgan fingerprint density at radius 1 is 1.10 bits per heavy atom. The fourth-order valence-electron chi connectivity index (χ4n) is 1.87. The number of hydrogen-bond donors (Lipinski definition) is 3. The maximum Gasteiger partial charge on any atom is 0.390 e. The summed E-state index contributed by atoms with van der Waals surface area (Å²) in [7, 11) is 0. The van der Waals surface area contributed by atoms with Crippen molar-refractivity contribution in [2.24, 2.45) is 11.8 Å². The third kappa shape index (κ3) is 12.0. The third-order valence-corrected chi connectivity index (χ3v) is 3.17. The van der Waals surface area contributed by atoms with Crippen LogP contribution in [0.1, 0.15) is 39.5 Å². The molecule has 0 aromatic carbocycles. The van der Waals surface area contributed by atoms with Gasteiger partial charge in [-0.15, -0.1) is 0 Å². The van der Waals surface area contributed by atoms with Gasteiger partial charge >= 0.3 is 18.2 Å². The van der Waals surface area contributed by atoms with E-state index < -0.39 is 31.1 Å². The van der Waals surface area contributed by atoms with Crippen LogP contribution in [0, 0.1) is 11.8 Å². The lowest BCUT2D eigenvalue weighted by molar-refractivity contribution is -0.137. The largest absolute Gasteiger partial charge is 0.481 e. The van der Waals surface area contributed by atoms with Gasteiger partial charge in [0.1, 0.15) is 0 Å². The quantitative estimate of drug-likeness (QED) is 0.612. The summed E-state index contributed by atoms with van der Waals surface area (Å²) in [6.07, 6.45) is -4.16. The number of urea groups is 1. The second kappa shape index (κ2) is 9.46. The number of hydrogen-bond acceptors (Lipinski definition) is 2. The van der Waals surface area contributed by atoms with Gasteiger partial charge in [0.05, 0.1) is 6.42 Å². The van der Waals surface area contributed by atoms with Crippen LogP contribution in [-0.2, 0) is 4.79 Å². The van der Waals surface area contributed by atoms with Crippen molar-refractivity contribution in [3.8, 4) is 0 Å². The van der Waals surface area contributed by atoms with Crippen LogP contribution in [0.2, 0.25) is 0 Å². The van der Waals surface area contributed by atoms with Gasteiger partial charge in [0.2, 0.25) is 0 Å². The molecule has 0 rings (SSSR count). The molecule has 0 radical (unpaired) electrons. The van der Waals surface area contributed by atoms with Gasteiger partial charge in [0.25, 0.3) is 0 Å². The van der Waals surface area contributed by atoms with Crippen molar-refractivity contribution in [1.82, 2.24) is 10.6 Å². The summed E-state index contributed by atoms with van der Waals surface area (Å²) in [5, 5.41) is 13.3. The number of nitrogens with one attached hydrogen (secondary N) is 2. The molecule has 21 heavy (non-hydrogen) atoms. The van der Waals surface area contributed by atoms with E-state index in [9.17, 15) is 22.8 Å². The molecule has 5 nitrogen and oxygen atoms in total. The molecule has 1 unspecified atom stereocenters. The highest BCUT2D eigenvalue weighted by atomic mass is 19.4. The van der Waals surface area contributed by atoms with Gasteiger partial charge in [-0.2, -0.15) is 13.2 Å². The predicted octanol–water partition coefficient (Wildman–Crippen LogP) is 2.77. The average molecular weight is 312 g/mol. The van der Waals surface area contributed by atoms with Crippen molar-refractivity contribution in [1.29, 1.82) is 0 Å². The number of amides is 2. The molecular formula is C13H23F3N2O3. The van der Waals surface area contributed by atoms with E-state index in [4.69, 9.17) is 5.11 Å². The van der Waals surface area contributed by atoms with Crippen molar-refractivity contribution >= 4 is 12.0 Å². The lowest BCUT2D eigenvalue weighted by atomic mass is 9.88. The van der Waals surface area contributed by atoms with Gasteiger partial charge < -0.3 is 15.7 Å². The van der Waals surface area contributed by atoms with Crippen LogP contribution in [0.3, 0.4) is 0 Å². The number of carbonyl (C=O) groups is 2. The fourth-order valence-corrected chi connectivity index (χ4v) is 1.87. The monoisotopic (exact) mass is 312 g/mol. The van der Waals surface area contributed by atoms with Crippen LogP contribution in [0.25, 0.3) is 0 Å². The first-order valence-corrected chi connectivity index (χ1v) is 6.92. The molecule has 0 aromatic rings. The zero-order valence-corrected chi connectivity index (χ0v) is 12.3. The summed E-state index contributed by atoms with van der Waals surface area (Å²) >= 11 is 0. The molecule has 1 atom stereocenters. The van der Waals surface area contributed by atoms with E-state index in [1.54, 1.807) is 0 Å². The van der Waals surface area contributed by atoms with E-state index in [1.165, 1.54) is 0 Å². The molecule has 0 spiro atoms. The minimum atomic E-state index is -4.28. The van der Waals surface area contributed by atoms with Crippen molar-refractivity contribution in [2.45, 2.75) is 45.7 Å². The Morgan fingerprint density at radius 2 is 1.67 bits per heavy atom. The predicted molar refractivity (Wildman–Crippen MR) is 71.9 cm³/mol. The lowest BCUT2D eigenvalue weighted by Crippen LogP contribution is -2.38. The van der Waals surface area contributed by atoms with Crippen molar-refractivity contribution in [2.75, 3.05) is 13.1 Å². The normalized spacial score (nSPS) is 13.0. The smallest absolute Gasteiger partial charge is 0.390 e. The molecular weight excluding hydrogens is 289 g/mol. The number of halogens is 3. The highest BCUT2D eigenvalue weighted by molar-refractivity contribution is 5.73. The van der Waals surface area contributed by atoms with E-state index >= 15 is 0 Å². The first-order chi connectivity index (χ1) is 9.61. The molecule has 0 fully saturated rings. The van der Waals surface area contributed by atoms with Gasteiger partial charge in [0, 0.05) is 19.5 Å². The Morgan fingerprint density at radius 3 is 2.14 bits per heavy atom. The van der Waals surface area contributed by atoms with Crippen molar-refractivity contribution in [3.63, 3.8) is 0 Å². The highest BCUT2D eigenvalue weighted by Gasteiger charge is 2.26. The second-order valence-electron chi connectivity index (χ2n) is 5.27. The maximum atomic E-state index is 11.9. The molecule has 0 bridgehead atoms. The zero-order chi connectivity index (χ0) is 16.5. The molecule has 0 aliphatic heterocycles. The number of rotatable bonds is 9.